The van der Waals surface area contributed by atoms with Gasteiger partial charge in [-0.1, -0.05) is 0 Å². The summed E-state index contributed by atoms with van der Waals surface area (Å²) in [7, 11) is 0. The number of benzene rings is 2. The van der Waals surface area contributed by atoms with Crippen molar-refractivity contribution in [3.8, 4) is 28.6 Å². The van der Waals surface area contributed by atoms with Gasteiger partial charge in [-0.15, -0.1) is 10.2 Å². The number of aromatic carboxylic acids is 2. The van der Waals surface area contributed by atoms with E-state index in [1.807, 2.05) is 30.5 Å². The van der Waals surface area contributed by atoms with E-state index in [1.54, 1.807) is 24.3 Å². The maximum atomic E-state index is 11.7. The highest BCUT2D eigenvalue weighted by Gasteiger charge is 2.18. The standard InChI is InChI=1S/C22H17N3O5/c1-12-3-4-13(2)25(12)18-11-16(9-10-17(18)22(28)29)20-24-23-19(30-20)14-5-7-15(8-6-14)21(26)27/h3-11H,1-2H3,(H,26,27)(H,28,29). The highest BCUT2D eigenvalue weighted by molar-refractivity contribution is 5.93. The average molecular weight is 403 g/mol. The van der Waals surface area contributed by atoms with Crippen LogP contribution in [0.2, 0.25) is 0 Å². The Morgan fingerprint density at radius 3 is 1.93 bits per heavy atom. The van der Waals surface area contributed by atoms with E-state index in [0.717, 1.165) is 11.4 Å². The SMILES string of the molecule is Cc1ccc(C)n1-c1cc(-c2nnc(-c3ccc(C(=O)O)cc3)o2)ccc1C(=O)O. The highest BCUT2D eigenvalue weighted by atomic mass is 16.4. The normalized spacial score (nSPS) is 10.9. The van der Waals surface area contributed by atoms with E-state index in [4.69, 9.17) is 9.52 Å². The maximum absolute atomic E-state index is 11.7. The van der Waals surface area contributed by atoms with Crippen LogP contribution in [0.4, 0.5) is 0 Å². The second-order valence-corrected chi connectivity index (χ2v) is 6.78. The lowest BCUT2D eigenvalue weighted by Crippen LogP contribution is -2.08. The average Bonchev–Trinajstić information content (AvgIpc) is 3.34. The van der Waals surface area contributed by atoms with Gasteiger partial charge in [0.05, 0.1) is 16.8 Å². The first-order valence-electron chi connectivity index (χ1n) is 9.05. The molecule has 0 saturated heterocycles. The van der Waals surface area contributed by atoms with Crippen molar-refractivity contribution in [2.75, 3.05) is 0 Å². The molecule has 8 heteroatoms. The van der Waals surface area contributed by atoms with Crippen LogP contribution in [0.1, 0.15) is 32.1 Å². The fourth-order valence-corrected chi connectivity index (χ4v) is 3.29. The van der Waals surface area contributed by atoms with Gasteiger partial charge in [0.1, 0.15) is 0 Å². The minimum Gasteiger partial charge on any atom is -0.478 e. The lowest BCUT2D eigenvalue weighted by molar-refractivity contribution is 0.0686. The highest BCUT2D eigenvalue weighted by Crippen LogP contribution is 2.29. The van der Waals surface area contributed by atoms with E-state index < -0.39 is 11.9 Å². The quantitative estimate of drug-likeness (QED) is 0.512. The molecule has 2 heterocycles. The molecule has 0 aliphatic rings. The lowest BCUT2D eigenvalue weighted by Gasteiger charge is -2.13. The third kappa shape index (κ3) is 3.35. The summed E-state index contributed by atoms with van der Waals surface area (Å²) < 4.78 is 7.62. The molecule has 0 bridgehead atoms. The molecular weight excluding hydrogens is 386 g/mol. The summed E-state index contributed by atoms with van der Waals surface area (Å²) in [5.74, 6) is -1.59. The van der Waals surface area contributed by atoms with Crippen molar-refractivity contribution in [3.05, 3.63) is 77.1 Å². The summed E-state index contributed by atoms with van der Waals surface area (Å²) in [6, 6.07) is 14.8. The van der Waals surface area contributed by atoms with E-state index in [0.29, 0.717) is 16.8 Å². The minimum absolute atomic E-state index is 0.157. The van der Waals surface area contributed by atoms with Crippen LogP contribution in [0.5, 0.6) is 0 Å². The van der Waals surface area contributed by atoms with E-state index in [1.165, 1.54) is 18.2 Å². The fraction of sp³-hybridized carbons (Fsp3) is 0.0909. The van der Waals surface area contributed by atoms with Crippen molar-refractivity contribution >= 4 is 11.9 Å². The third-order valence-electron chi connectivity index (χ3n) is 4.79. The van der Waals surface area contributed by atoms with Crippen molar-refractivity contribution in [3.63, 3.8) is 0 Å². The summed E-state index contributed by atoms with van der Waals surface area (Å²) in [5.41, 5.74) is 3.77. The van der Waals surface area contributed by atoms with Gasteiger partial charge in [0, 0.05) is 22.5 Å². The molecule has 0 amide bonds. The topological polar surface area (TPSA) is 118 Å². The number of carboxylic acid groups (broad SMARTS) is 2. The number of aromatic nitrogens is 3. The second-order valence-electron chi connectivity index (χ2n) is 6.78. The minimum atomic E-state index is -1.03. The molecule has 0 unspecified atom stereocenters. The Hall–Kier alpha value is -4.20. The van der Waals surface area contributed by atoms with Crippen LogP contribution in [0.15, 0.2) is 59.0 Å². The summed E-state index contributed by atoms with van der Waals surface area (Å²) in [4.78, 5) is 22.7. The second kappa shape index (κ2) is 7.32. The molecule has 2 aromatic heterocycles. The van der Waals surface area contributed by atoms with Crippen molar-refractivity contribution in [2.24, 2.45) is 0 Å². The first-order chi connectivity index (χ1) is 14.3. The molecule has 0 aliphatic carbocycles. The van der Waals surface area contributed by atoms with Crippen LogP contribution < -0.4 is 0 Å². The summed E-state index contributed by atoms with van der Waals surface area (Å²) in [5, 5.41) is 26.7. The van der Waals surface area contributed by atoms with Gasteiger partial charge in [0.15, 0.2) is 0 Å². The van der Waals surface area contributed by atoms with Gasteiger partial charge in [-0.2, -0.15) is 0 Å². The van der Waals surface area contributed by atoms with Crippen molar-refractivity contribution in [1.82, 2.24) is 14.8 Å². The fourth-order valence-electron chi connectivity index (χ4n) is 3.29. The molecule has 0 aliphatic heterocycles. The largest absolute Gasteiger partial charge is 0.478 e. The molecule has 150 valence electrons. The molecule has 4 aromatic rings. The van der Waals surface area contributed by atoms with Gasteiger partial charge >= 0.3 is 11.9 Å². The predicted molar refractivity (Wildman–Crippen MR) is 108 cm³/mol. The summed E-state index contributed by atoms with van der Waals surface area (Å²) >= 11 is 0. The third-order valence-corrected chi connectivity index (χ3v) is 4.79. The van der Waals surface area contributed by atoms with Crippen molar-refractivity contribution in [2.45, 2.75) is 13.8 Å². The molecule has 0 fully saturated rings. The van der Waals surface area contributed by atoms with Gasteiger partial charge in [0.2, 0.25) is 11.8 Å². The molecule has 8 nitrogen and oxygen atoms in total. The van der Waals surface area contributed by atoms with E-state index in [-0.39, 0.29) is 22.9 Å². The van der Waals surface area contributed by atoms with E-state index >= 15 is 0 Å². The lowest BCUT2D eigenvalue weighted by atomic mass is 10.1. The Kier molecular flexibility index (Phi) is 4.67. The number of carboxylic acids is 2. The molecule has 0 radical (unpaired) electrons. The van der Waals surface area contributed by atoms with Gasteiger partial charge in [-0.25, -0.2) is 9.59 Å². The van der Waals surface area contributed by atoms with Gasteiger partial charge < -0.3 is 19.2 Å². The van der Waals surface area contributed by atoms with Gasteiger partial charge in [-0.05, 0) is 68.4 Å². The Bertz CT molecular complexity index is 1250. The first-order valence-corrected chi connectivity index (χ1v) is 9.05. The number of hydrogen-bond acceptors (Lipinski definition) is 5. The smallest absolute Gasteiger partial charge is 0.337 e. The van der Waals surface area contributed by atoms with E-state index in [2.05, 4.69) is 10.2 Å². The van der Waals surface area contributed by atoms with Crippen LogP contribution in [0.3, 0.4) is 0 Å². The van der Waals surface area contributed by atoms with Crippen LogP contribution in [0, 0.1) is 13.8 Å². The summed E-state index contributed by atoms with van der Waals surface area (Å²) in [6.07, 6.45) is 0. The van der Waals surface area contributed by atoms with Crippen LogP contribution in [-0.4, -0.2) is 36.9 Å². The number of rotatable bonds is 5. The molecular formula is C22H17N3O5. The monoisotopic (exact) mass is 403 g/mol. The van der Waals surface area contributed by atoms with Gasteiger partial charge in [0.25, 0.3) is 0 Å². The van der Waals surface area contributed by atoms with Crippen LogP contribution in [-0.2, 0) is 0 Å². The first kappa shape index (κ1) is 19.1. The molecule has 0 atom stereocenters. The zero-order valence-corrected chi connectivity index (χ0v) is 16.2. The van der Waals surface area contributed by atoms with E-state index in [9.17, 15) is 14.7 Å². The Morgan fingerprint density at radius 2 is 1.37 bits per heavy atom. The molecule has 0 spiro atoms. The number of carbonyl (C=O) groups is 2. The number of nitrogens with zero attached hydrogens (tertiary/aromatic N) is 3. The van der Waals surface area contributed by atoms with Crippen molar-refractivity contribution in [1.29, 1.82) is 0 Å². The predicted octanol–water partition coefficient (Wildman–Crippen LogP) is 4.21. The molecule has 0 saturated carbocycles. The van der Waals surface area contributed by atoms with Crippen LogP contribution >= 0.6 is 0 Å². The maximum Gasteiger partial charge on any atom is 0.337 e. The van der Waals surface area contributed by atoms with Crippen LogP contribution in [0.25, 0.3) is 28.6 Å². The Labute approximate surface area is 171 Å². The Morgan fingerprint density at radius 1 is 0.800 bits per heavy atom. The number of hydrogen-bond donors (Lipinski definition) is 2. The molecule has 4 rings (SSSR count). The van der Waals surface area contributed by atoms with Crippen molar-refractivity contribution < 1.29 is 24.2 Å². The molecule has 2 aromatic carbocycles. The zero-order valence-electron chi connectivity index (χ0n) is 16.2. The molecule has 30 heavy (non-hydrogen) atoms. The zero-order chi connectivity index (χ0) is 21.4. The van der Waals surface area contributed by atoms with Gasteiger partial charge in [-0.3, -0.25) is 0 Å². The number of aryl methyl sites for hydroxylation is 2. The Balaban J connectivity index is 1.76. The molecule has 2 N–H and O–H groups in total. The summed E-state index contributed by atoms with van der Waals surface area (Å²) in [6.45, 7) is 3.80.